The molecule has 4 unspecified atom stereocenters. The van der Waals surface area contributed by atoms with Crippen LogP contribution in [0.5, 0.6) is 0 Å². The Morgan fingerprint density at radius 2 is 1.69 bits per heavy atom. The van der Waals surface area contributed by atoms with Gasteiger partial charge in [-0.05, 0) is 50.3 Å². The van der Waals surface area contributed by atoms with Crippen molar-refractivity contribution in [2.24, 2.45) is 22.2 Å². The molecule has 15 heteroatoms. The Kier molecular flexibility index (Phi) is 11.7. The minimum Gasteiger partial charge on any atom is -0.480 e. The highest BCUT2D eigenvalue weighted by molar-refractivity contribution is 5.95. The number of rotatable bonds is 16. The smallest absolute Gasteiger partial charge is 0.326 e. The van der Waals surface area contributed by atoms with Crippen molar-refractivity contribution < 1.29 is 29.1 Å². The van der Waals surface area contributed by atoms with Gasteiger partial charge in [-0.1, -0.05) is 18.2 Å². The first-order valence-electron chi connectivity index (χ1n) is 13.8. The third kappa shape index (κ3) is 9.47. The van der Waals surface area contributed by atoms with Crippen LogP contribution in [0, 0.1) is 0 Å². The van der Waals surface area contributed by atoms with Gasteiger partial charge in [-0.15, -0.1) is 0 Å². The summed E-state index contributed by atoms with van der Waals surface area (Å²) in [6, 6.07) is 3.27. The van der Waals surface area contributed by atoms with Gasteiger partial charge in [-0.3, -0.25) is 24.2 Å². The van der Waals surface area contributed by atoms with Gasteiger partial charge in [0.2, 0.25) is 23.6 Å². The molecule has 0 saturated carbocycles. The number of hydrogen-bond donors (Lipinski definition) is 9. The molecular formula is C27H39N9O6. The van der Waals surface area contributed by atoms with Crippen LogP contribution in [-0.4, -0.2) is 82.9 Å². The quantitative estimate of drug-likeness (QED) is 0.0618. The zero-order chi connectivity index (χ0) is 30.6. The van der Waals surface area contributed by atoms with Crippen molar-refractivity contribution in [3.8, 4) is 0 Å². The van der Waals surface area contributed by atoms with Crippen molar-refractivity contribution in [1.29, 1.82) is 0 Å². The standard InChI is InChI=1S/C27H39N9O6/c28-22(37)10-9-19(34-23(38)18-7-3-11-31-18)24(39)36-21(13-15-14-33-17-6-2-1-5-16(15)17)25(40)35-20(26(41)42)8-4-12-32-27(29)30/h1-2,5-6,14,18-21,31,33H,3-4,7-13H2,(H2,28,37)(H,34,38)(H,35,40)(H,36,39)(H,41,42)(H4,29,30,32). The van der Waals surface area contributed by atoms with Crippen LogP contribution in [-0.2, 0) is 30.4 Å². The molecule has 0 spiro atoms. The number of H-pyrrole nitrogens is 1. The van der Waals surface area contributed by atoms with Crippen molar-refractivity contribution in [3.63, 3.8) is 0 Å². The number of fused-ring (bicyclic) bond motifs is 1. The number of aromatic amines is 1. The number of carboxylic acids is 1. The Morgan fingerprint density at radius 3 is 2.36 bits per heavy atom. The second-order valence-electron chi connectivity index (χ2n) is 10.2. The molecular weight excluding hydrogens is 546 g/mol. The fourth-order valence-electron chi connectivity index (χ4n) is 4.77. The van der Waals surface area contributed by atoms with E-state index < -0.39 is 53.8 Å². The number of nitrogens with zero attached hydrogens (tertiary/aromatic N) is 1. The van der Waals surface area contributed by atoms with Gasteiger partial charge in [0.15, 0.2) is 5.96 Å². The summed E-state index contributed by atoms with van der Waals surface area (Å²) in [6.07, 6.45) is 3.20. The molecule has 3 rings (SSSR count). The van der Waals surface area contributed by atoms with E-state index in [9.17, 15) is 29.1 Å². The Morgan fingerprint density at radius 1 is 0.976 bits per heavy atom. The predicted molar refractivity (Wildman–Crippen MR) is 155 cm³/mol. The van der Waals surface area contributed by atoms with E-state index in [4.69, 9.17) is 17.2 Å². The molecule has 1 aliphatic heterocycles. The predicted octanol–water partition coefficient (Wildman–Crippen LogP) is -1.68. The van der Waals surface area contributed by atoms with Gasteiger partial charge in [0.1, 0.15) is 18.1 Å². The number of benzene rings is 1. The number of aliphatic imine (C=N–C) groups is 1. The first-order chi connectivity index (χ1) is 20.0. The number of aliphatic carboxylic acids is 1. The third-order valence-corrected chi connectivity index (χ3v) is 6.98. The van der Waals surface area contributed by atoms with Crippen LogP contribution in [0.4, 0.5) is 0 Å². The van der Waals surface area contributed by atoms with Crippen LogP contribution in [0.25, 0.3) is 10.9 Å². The summed E-state index contributed by atoms with van der Waals surface area (Å²) >= 11 is 0. The summed E-state index contributed by atoms with van der Waals surface area (Å²) in [5.74, 6) is -3.89. The maximum atomic E-state index is 13.5. The zero-order valence-electron chi connectivity index (χ0n) is 23.2. The first-order valence-corrected chi connectivity index (χ1v) is 13.8. The van der Waals surface area contributed by atoms with Crippen LogP contribution in [0.3, 0.4) is 0 Å². The van der Waals surface area contributed by atoms with Gasteiger partial charge in [0.25, 0.3) is 0 Å². The maximum Gasteiger partial charge on any atom is 0.326 e. The van der Waals surface area contributed by atoms with E-state index in [1.165, 1.54) is 0 Å². The van der Waals surface area contributed by atoms with Gasteiger partial charge >= 0.3 is 5.97 Å². The van der Waals surface area contributed by atoms with E-state index in [1.54, 1.807) is 6.20 Å². The monoisotopic (exact) mass is 585 g/mol. The normalized spacial score (nSPS) is 16.6. The molecule has 1 aromatic heterocycles. The molecule has 15 nitrogen and oxygen atoms in total. The molecule has 1 fully saturated rings. The van der Waals surface area contributed by atoms with Crippen LogP contribution in [0.2, 0.25) is 0 Å². The Balaban J connectivity index is 1.81. The number of guanidine groups is 1. The number of carbonyl (C=O) groups is 5. The molecule has 0 radical (unpaired) electrons. The molecule has 2 heterocycles. The molecule has 42 heavy (non-hydrogen) atoms. The second-order valence-corrected chi connectivity index (χ2v) is 10.2. The molecule has 228 valence electrons. The number of amides is 4. The van der Waals surface area contributed by atoms with Crippen LogP contribution >= 0.6 is 0 Å². The van der Waals surface area contributed by atoms with Crippen LogP contribution in [0.15, 0.2) is 35.5 Å². The Bertz CT molecular complexity index is 1300. The minimum atomic E-state index is -1.27. The first kappa shape index (κ1) is 31.9. The summed E-state index contributed by atoms with van der Waals surface area (Å²) < 4.78 is 0. The average molecular weight is 586 g/mol. The van der Waals surface area contributed by atoms with Crippen molar-refractivity contribution in [2.75, 3.05) is 13.1 Å². The number of nitrogens with one attached hydrogen (secondary N) is 5. The SMILES string of the molecule is NC(=O)CCC(NC(=O)C1CCCN1)C(=O)NC(Cc1c[nH]c2ccccc12)C(=O)NC(CCCN=C(N)N)C(=O)O. The summed E-state index contributed by atoms with van der Waals surface area (Å²) in [5.41, 5.74) is 17.4. The van der Waals surface area contributed by atoms with E-state index in [2.05, 4.69) is 31.2 Å². The number of aromatic nitrogens is 1. The number of primary amides is 1. The fraction of sp³-hybridized carbons (Fsp3) is 0.481. The van der Waals surface area contributed by atoms with Crippen molar-refractivity contribution >= 4 is 46.5 Å². The highest BCUT2D eigenvalue weighted by Gasteiger charge is 2.32. The van der Waals surface area contributed by atoms with E-state index in [0.29, 0.717) is 18.5 Å². The summed E-state index contributed by atoms with van der Waals surface area (Å²) in [7, 11) is 0. The molecule has 1 aliphatic rings. The van der Waals surface area contributed by atoms with Crippen molar-refractivity contribution in [1.82, 2.24) is 26.3 Å². The van der Waals surface area contributed by atoms with Crippen LogP contribution in [0.1, 0.15) is 44.1 Å². The van der Waals surface area contributed by atoms with E-state index in [1.807, 2.05) is 24.3 Å². The van der Waals surface area contributed by atoms with Gasteiger partial charge in [-0.2, -0.15) is 0 Å². The average Bonchev–Trinajstić information content (AvgIpc) is 3.62. The number of carboxylic acid groups (broad SMARTS) is 1. The van der Waals surface area contributed by atoms with E-state index in [-0.39, 0.29) is 44.6 Å². The summed E-state index contributed by atoms with van der Waals surface area (Å²) in [4.78, 5) is 70.1. The molecule has 12 N–H and O–H groups in total. The second kappa shape index (κ2) is 15.4. The lowest BCUT2D eigenvalue weighted by Gasteiger charge is -2.25. The zero-order valence-corrected chi connectivity index (χ0v) is 23.2. The maximum absolute atomic E-state index is 13.5. The molecule has 1 aromatic carbocycles. The largest absolute Gasteiger partial charge is 0.480 e. The minimum absolute atomic E-state index is 0.0165. The number of nitrogens with two attached hydrogens (primary N) is 3. The highest BCUT2D eigenvalue weighted by atomic mass is 16.4. The molecule has 0 bridgehead atoms. The van der Waals surface area contributed by atoms with Crippen LogP contribution < -0.4 is 38.5 Å². The molecule has 0 aliphatic carbocycles. The lowest BCUT2D eigenvalue weighted by molar-refractivity contribution is -0.142. The van der Waals surface area contributed by atoms with Gasteiger partial charge < -0.3 is 48.6 Å². The topological polar surface area (TPSA) is 260 Å². The fourth-order valence-corrected chi connectivity index (χ4v) is 4.77. The number of hydrogen-bond acceptors (Lipinski definition) is 7. The Labute approximate surface area is 242 Å². The van der Waals surface area contributed by atoms with Crippen molar-refractivity contribution in [3.05, 3.63) is 36.0 Å². The third-order valence-electron chi connectivity index (χ3n) is 6.98. The van der Waals surface area contributed by atoms with Gasteiger partial charge in [0, 0.05) is 36.5 Å². The molecule has 1 saturated heterocycles. The highest BCUT2D eigenvalue weighted by Crippen LogP contribution is 2.19. The summed E-state index contributed by atoms with van der Waals surface area (Å²) in [5, 5.41) is 21.4. The van der Waals surface area contributed by atoms with E-state index >= 15 is 0 Å². The lowest BCUT2D eigenvalue weighted by atomic mass is 10.0. The molecule has 4 amide bonds. The molecule has 4 atom stereocenters. The van der Waals surface area contributed by atoms with Gasteiger partial charge in [-0.25, -0.2) is 4.79 Å². The summed E-state index contributed by atoms with van der Waals surface area (Å²) in [6.45, 7) is 0.842. The Hall–Kier alpha value is -4.66. The van der Waals surface area contributed by atoms with Crippen molar-refractivity contribution in [2.45, 2.75) is 69.1 Å². The van der Waals surface area contributed by atoms with Gasteiger partial charge in [0.05, 0.1) is 6.04 Å². The number of carbonyl (C=O) groups excluding carboxylic acids is 4. The molecule has 2 aromatic rings. The van der Waals surface area contributed by atoms with E-state index in [0.717, 1.165) is 17.3 Å². The lowest BCUT2D eigenvalue weighted by Crippen LogP contribution is -2.57. The number of para-hydroxylation sites is 1.